The number of fused-ring (bicyclic) bond motifs is 1. The van der Waals surface area contributed by atoms with Crippen molar-refractivity contribution in [3.8, 4) is 17.1 Å². The van der Waals surface area contributed by atoms with E-state index in [2.05, 4.69) is 15.1 Å². The molecule has 2 fully saturated rings. The molecule has 0 spiro atoms. The van der Waals surface area contributed by atoms with E-state index < -0.39 is 0 Å². The third kappa shape index (κ3) is 3.83. The average Bonchev–Trinajstić information content (AvgIpc) is 3.12. The summed E-state index contributed by atoms with van der Waals surface area (Å²) in [6.45, 7) is 0.882. The summed E-state index contributed by atoms with van der Waals surface area (Å²) in [6.07, 6.45) is 7.35. The van der Waals surface area contributed by atoms with E-state index in [1.54, 1.807) is 7.11 Å². The van der Waals surface area contributed by atoms with Gasteiger partial charge in [-0.1, -0.05) is 24.6 Å². The number of carbonyl (C=O) groups excluding carboxylic acids is 1. The maximum absolute atomic E-state index is 12.9. The molecule has 1 aliphatic heterocycles. The van der Waals surface area contributed by atoms with E-state index in [1.165, 1.54) is 42.1 Å². The van der Waals surface area contributed by atoms with Crippen molar-refractivity contribution in [2.45, 2.75) is 49.7 Å². The van der Waals surface area contributed by atoms with Gasteiger partial charge in [0.15, 0.2) is 5.82 Å². The zero-order valence-electron chi connectivity index (χ0n) is 16.2. The van der Waals surface area contributed by atoms with Crippen LogP contribution in [0.3, 0.4) is 0 Å². The second-order valence-electron chi connectivity index (χ2n) is 7.53. The molecular weight excluding hydrogens is 374 g/mol. The van der Waals surface area contributed by atoms with Crippen LogP contribution < -0.4 is 10.6 Å². The third-order valence-corrected chi connectivity index (χ3v) is 6.83. The third-order valence-electron chi connectivity index (χ3n) is 5.90. The van der Waals surface area contributed by atoms with Gasteiger partial charge in [0.1, 0.15) is 5.75 Å². The Balaban J connectivity index is 1.40. The van der Waals surface area contributed by atoms with Gasteiger partial charge in [0.25, 0.3) is 0 Å². The summed E-state index contributed by atoms with van der Waals surface area (Å²) in [5.41, 5.74) is 0.857. The summed E-state index contributed by atoms with van der Waals surface area (Å²) in [4.78, 5) is 15.0. The number of likely N-dealkylation sites (tertiary alicyclic amines) is 1. The largest absolute Gasteiger partial charge is 0.497 e. The van der Waals surface area contributed by atoms with Gasteiger partial charge in [-0.15, -0.1) is 10.2 Å². The van der Waals surface area contributed by atoms with Crippen LogP contribution in [0.1, 0.15) is 38.5 Å². The lowest BCUT2D eigenvalue weighted by molar-refractivity contribution is -0.134. The lowest BCUT2D eigenvalue weighted by Gasteiger charge is -2.44. The molecule has 4 rings (SSSR count). The number of benzene rings is 1. The predicted molar refractivity (Wildman–Crippen MR) is 110 cm³/mol. The summed E-state index contributed by atoms with van der Waals surface area (Å²) in [7, 11) is 1.63. The van der Waals surface area contributed by atoms with Crippen molar-refractivity contribution in [3.63, 3.8) is 0 Å². The molecule has 1 saturated heterocycles. The van der Waals surface area contributed by atoms with Gasteiger partial charge < -0.3 is 15.5 Å². The average molecular weight is 402 g/mol. The molecule has 1 amide bonds. The minimum absolute atomic E-state index is 0.190. The molecule has 1 aliphatic carbocycles. The molecular formula is C20H27N5O2S. The first kappa shape index (κ1) is 19.1. The van der Waals surface area contributed by atoms with Gasteiger partial charge in [0.05, 0.1) is 12.9 Å². The van der Waals surface area contributed by atoms with Crippen molar-refractivity contribution in [3.05, 3.63) is 24.3 Å². The Morgan fingerprint density at radius 3 is 2.71 bits per heavy atom. The minimum Gasteiger partial charge on any atom is -0.497 e. The quantitative estimate of drug-likeness (QED) is 0.612. The number of amides is 1. The molecule has 28 heavy (non-hydrogen) atoms. The molecule has 2 atom stereocenters. The van der Waals surface area contributed by atoms with E-state index in [4.69, 9.17) is 10.6 Å². The second-order valence-corrected chi connectivity index (χ2v) is 8.48. The summed E-state index contributed by atoms with van der Waals surface area (Å²) in [5, 5.41) is 8.93. The van der Waals surface area contributed by atoms with Crippen molar-refractivity contribution in [2.75, 3.05) is 25.3 Å². The molecule has 150 valence electrons. The van der Waals surface area contributed by atoms with E-state index in [0.717, 1.165) is 30.7 Å². The van der Waals surface area contributed by atoms with E-state index >= 15 is 0 Å². The number of rotatable bonds is 5. The Kier molecular flexibility index (Phi) is 5.75. The molecule has 2 aromatic rings. The molecule has 2 heterocycles. The van der Waals surface area contributed by atoms with Gasteiger partial charge in [-0.05, 0) is 55.9 Å². The van der Waals surface area contributed by atoms with Crippen LogP contribution in [0.25, 0.3) is 11.4 Å². The Bertz CT molecular complexity index is 821. The van der Waals surface area contributed by atoms with Crippen LogP contribution in [0.5, 0.6) is 5.75 Å². The Morgan fingerprint density at radius 2 is 1.93 bits per heavy atom. The monoisotopic (exact) mass is 401 g/mol. The van der Waals surface area contributed by atoms with Crippen LogP contribution in [0.4, 0.5) is 0 Å². The fourth-order valence-electron chi connectivity index (χ4n) is 4.46. The molecule has 8 heteroatoms. The highest BCUT2D eigenvalue weighted by atomic mass is 32.2. The number of aromatic nitrogens is 3. The highest BCUT2D eigenvalue weighted by molar-refractivity contribution is 7.99. The molecule has 1 saturated carbocycles. The highest BCUT2D eigenvalue weighted by Gasteiger charge is 2.35. The first-order valence-corrected chi connectivity index (χ1v) is 10.9. The Morgan fingerprint density at radius 1 is 1.18 bits per heavy atom. The number of nitrogen functional groups attached to an aromatic ring is 1. The van der Waals surface area contributed by atoms with Crippen molar-refractivity contribution in [1.29, 1.82) is 0 Å². The highest BCUT2D eigenvalue weighted by Crippen LogP contribution is 2.35. The fourth-order valence-corrected chi connectivity index (χ4v) is 5.20. The predicted octanol–water partition coefficient (Wildman–Crippen LogP) is 2.94. The number of methoxy groups -OCH3 is 1. The summed E-state index contributed by atoms with van der Waals surface area (Å²) in [5.74, 6) is 8.77. The standard InChI is InChI=1S/C20H27N5O2S/c1-27-16-10-8-15(9-11-16)19-22-23-20(25(19)21)28-13-18(26)24-12-4-6-14-5-2-3-7-17(14)24/h8-11,14,17H,2-7,12-13,21H2,1H3/t14-,17-/m1/s1. The van der Waals surface area contributed by atoms with Gasteiger partial charge in [-0.3, -0.25) is 4.79 Å². The number of piperidine rings is 1. The molecule has 2 N–H and O–H groups in total. The summed E-state index contributed by atoms with van der Waals surface area (Å²) < 4.78 is 6.64. The van der Waals surface area contributed by atoms with Crippen LogP contribution in [-0.2, 0) is 4.79 Å². The Hall–Kier alpha value is -2.22. The lowest BCUT2D eigenvalue weighted by atomic mass is 9.78. The fraction of sp³-hybridized carbons (Fsp3) is 0.550. The number of carbonyl (C=O) groups is 1. The smallest absolute Gasteiger partial charge is 0.233 e. The first-order valence-electron chi connectivity index (χ1n) is 9.94. The minimum atomic E-state index is 0.190. The van der Waals surface area contributed by atoms with Crippen molar-refractivity contribution < 1.29 is 9.53 Å². The zero-order chi connectivity index (χ0) is 19.5. The molecule has 0 unspecified atom stereocenters. The van der Waals surface area contributed by atoms with E-state index in [0.29, 0.717) is 28.7 Å². The van der Waals surface area contributed by atoms with Gasteiger partial charge in [-0.25, -0.2) is 4.68 Å². The SMILES string of the molecule is COc1ccc(-c2nnc(SCC(=O)N3CCC[C@H]4CCCC[C@H]43)n2N)cc1. The van der Waals surface area contributed by atoms with E-state index in [-0.39, 0.29) is 5.91 Å². The van der Waals surface area contributed by atoms with Crippen molar-refractivity contribution in [1.82, 2.24) is 19.8 Å². The number of hydrogen-bond acceptors (Lipinski definition) is 6. The number of thioether (sulfide) groups is 1. The molecule has 1 aromatic heterocycles. The van der Waals surface area contributed by atoms with Crippen LogP contribution in [0, 0.1) is 5.92 Å². The van der Waals surface area contributed by atoms with Gasteiger partial charge in [-0.2, -0.15) is 0 Å². The Labute approximate surface area is 169 Å². The van der Waals surface area contributed by atoms with Crippen molar-refractivity contribution >= 4 is 17.7 Å². The van der Waals surface area contributed by atoms with Crippen LogP contribution in [0.2, 0.25) is 0 Å². The maximum Gasteiger partial charge on any atom is 0.233 e. The number of ether oxygens (including phenoxy) is 1. The van der Waals surface area contributed by atoms with Crippen LogP contribution >= 0.6 is 11.8 Å². The van der Waals surface area contributed by atoms with Crippen LogP contribution in [0.15, 0.2) is 29.4 Å². The normalized spacial score (nSPS) is 22.0. The molecule has 1 aromatic carbocycles. The topological polar surface area (TPSA) is 86.3 Å². The van der Waals surface area contributed by atoms with E-state index in [9.17, 15) is 4.79 Å². The van der Waals surface area contributed by atoms with Crippen LogP contribution in [-0.4, -0.2) is 51.1 Å². The summed E-state index contributed by atoms with van der Waals surface area (Å²) >= 11 is 1.36. The van der Waals surface area contributed by atoms with E-state index in [1.807, 2.05) is 24.3 Å². The van der Waals surface area contributed by atoms with Gasteiger partial charge in [0.2, 0.25) is 11.1 Å². The number of nitrogens with zero attached hydrogens (tertiary/aromatic N) is 4. The van der Waals surface area contributed by atoms with Gasteiger partial charge in [0, 0.05) is 18.2 Å². The zero-order valence-corrected chi connectivity index (χ0v) is 17.0. The van der Waals surface area contributed by atoms with Gasteiger partial charge >= 0.3 is 0 Å². The number of nitrogens with two attached hydrogens (primary N) is 1. The second kappa shape index (κ2) is 8.43. The number of hydrogen-bond donors (Lipinski definition) is 1. The lowest BCUT2D eigenvalue weighted by Crippen LogP contribution is -2.50. The molecule has 0 radical (unpaired) electrons. The summed E-state index contributed by atoms with van der Waals surface area (Å²) in [6, 6.07) is 7.93. The molecule has 0 bridgehead atoms. The maximum atomic E-state index is 12.9. The first-order chi connectivity index (χ1) is 13.7. The van der Waals surface area contributed by atoms with Crippen molar-refractivity contribution in [2.24, 2.45) is 5.92 Å². The molecule has 7 nitrogen and oxygen atoms in total. The molecule has 2 aliphatic rings.